The molecule has 1 aromatic carbocycles. The highest BCUT2D eigenvalue weighted by Crippen LogP contribution is 2.25. The molecule has 4 nitrogen and oxygen atoms in total. The van der Waals surface area contributed by atoms with Gasteiger partial charge in [-0.1, -0.05) is 31.5 Å². The predicted octanol–water partition coefficient (Wildman–Crippen LogP) is 3.32. The third kappa shape index (κ3) is 3.47. The normalized spacial score (nSPS) is 10.7. The maximum atomic E-state index is 10.8. The van der Waals surface area contributed by atoms with Crippen LogP contribution in [0, 0.1) is 0 Å². The quantitative estimate of drug-likeness (QED) is 0.840. The van der Waals surface area contributed by atoms with E-state index in [1.807, 2.05) is 30.3 Å². The minimum absolute atomic E-state index is 0.146. The first-order valence-electron chi connectivity index (χ1n) is 7.03. The van der Waals surface area contributed by atoms with E-state index in [2.05, 4.69) is 16.8 Å². The molecule has 0 fully saturated rings. The van der Waals surface area contributed by atoms with Crippen LogP contribution < -0.4 is 4.90 Å². The van der Waals surface area contributed by atoms with Crippen LogP contribution in [0.2, 0.25) is 0 Å². The minimum Gasteiger partial charge on any atom is -0.481 e. The molecule has 0 saturated carbocycles. The van der Waals surface area contributed by atoms with Crippen molar-refractivity contribution in [3.05, 3.63) is 36.5 Å². The van der Waals surface area contributed by atoms with E-state index in [0.29, 0.717) is 6.54 Å². The van der Waals surface area contributed by atoms with Crippen molar-refractivity contribution in [3.63, 3.8) is 0 Å². The number of unbranched alkanes of at least 4 members (excludes halogenated alkanes) is 1. The first-order chi connectivity index (χ1) is 9.72. The maximum absolute atomic E-state index is 10.8. The van der Waals surface area contributed by atoms with Gasteiger partial charge in [-0.2, -0.15) is 0 Å². The van der Waals surface area contributed by atoms with Crippen molar-refractivity contribution in [1.82, 2.24) is 4.98 Å². The molecule has 1 aromatic heterocycles. The highest BCUT2D eigenvalue weighted by atomic mass is 16.4. The summed E-state index contributed by atoms with van der Waals surface area (Å²) < 4.78 is 0. The zero-order valence-electron chi connectivity index (χ0n) is 11.7. The Morgan fingerprint density at radius 2 is 2.05 bits per heavy atom. The van der Waals surface area contributed by atoms with Crippen molar-refractivity contribution in [2.75, 3.05) is 18.0 Å². The fraction of sp³-hybridized carbons (Fsp3) is 0.375. The Hall–Kier alpha value is -2.10. The second kappa shape index (κ2) is 6.89. The Morgan fingerprint density at radius 1 is 1.25 bits per heavy atom. The van der Waals surface area contributed by atoms with Crippen molar-refractivity contribution < 1.29 is 9.90 Å². The number of aromatic nitrogens is 1. The smallest absolute Gasteiger partial charge is 0.305 e. The van der Waals surface area contributed by atoms with Gasteiger partial charge in [0.2, 0.25) is 0 Å². The second-order valence-corrected chi connectivity index (χ2v) is 4.84. The third-order valence-electron chi connectivity index (χ3n) is 3.33. The molecule has 0 saturated heterocycles. The molecule has 0 atom stereocenters. The molecule has 20 heavy (non-hydrogen) atoms. The van der Waals surface area contributed by atoms with E-state index in [1.165, 1.54) is 0 Å². The monoisotopic (exact) mass is 272 g/mol. The molecule has 2 rings (SSSR count). The number of anilines is 1. The van der Waals surface area contributed by atoms with E-state index < -0.39 is 5.97 Å². The number of benzene rings is 1. The van der Waals surface area contributed by atoms with E-state index >= 15 is 0 Å². The van der Waals surface area contributed by atoms with Crippen LogP contribution in [0.3, 0.4) is 0 Å². The number of para-hydroxylation sites is 1. The van der Waals surface area contributed by atoms with Crippen molar-refractivity contribution in [2.24, 2.45) is 0 Å². The van der Waals surface area contributed by atoms with E-state index in [-0.39, 0.29) is 6.42 Å². The first-order valence-corrected chi connectivity index (χ1v) is 7.03. The number of nitrogens with zero attached hydrogens (tertiary/aromatic N) is 2. The lowest BCUT2D eigenvalue weighted by Gasteiger charge is -2.25. The lowest BCUT2D eigenvalue weighted by atomic mass is 10.1. The zero-order chi connectivity index (χ0) is 14.4. The summed E-state index contributed by atoms with van der Waals surface area (Å²) in [6.45, 7) is 3.52. The fourth-order valence-corrected chi connectivity index (χ4v) is 2.28. The van der Waals surface area contributed by atoms with E-state index in [4.69, 9.17) is 5.11 Å². The Labute approximate surface area is 119 Å². The SMILES string of the molecule is CCCCN(CCC(=O)O)c1cccc2cccnc12. The molecule has 0 aliphatic carbocycles. The summed E-state index contributed by atoms with van der Waals surface area (Å²) in [7, 11) is 0. The zero-order valence-corrected chi connectivity index (χ0v) is 11.7. The van der Waals surface area contributed by atoms with Crippen LogP contribution in [0.5, 0.6) is 0 Å². The standard InChI is InChI=1S/C16H20N2O2/c1-2-3-11-18(12-9-15(19)20)14-8-4-6-13-7-5-10-17-16(13)14/h4-8,10H,2-3,9,11-12H2,1H3,(H,19,20). The maximum Gasteiger partial charge on any atom is 0.305 e. The average molecular weight is 272 g/mol. The van der Waals surface area contributed by atoms with Crippen LogP contribution >= 0.6 is 0 Å². The number of hydrogen-bond acceptors (Lipinski definition) is 3. The summed E-state index contributed by atoms with van der Waals surface area (Å²) in [6.07, 6.45) is 4.05. The van der Waals surface area contributed by atoms with Gasteiger partial charge in [-0.15, -0.1) is 0 Å². The second-order valence-electron chi connectivity index (χ2n) is 4.84. The topological polar surface area (TPSA) is 53.4 Å². The van der Waals surface area contributed by atoms with Gasteiger partial charge in [0.1, 0.15) is 0 Å². The van der Waals surface area contributed by atoms with Crippen molar-refractivity contribution in [2.45, 2.75) is 26.2 Å². The molecule has 0 unspecified atom stereocenters. The van der Waals surface area contributed by atoms with Crippen LogP contribution in [0.1, 0.15) is 26.2 Å². The van der Waals surface area contributed by atoms with Gasteiger partial charge < -0.3 is 10.0 Å². The number of hydrogen-bond donors (Lipinski definition) is 1. The summed E-state index contributed by atoms with van der Waals surface area (Å²) in [5.74, 6) is -0.764. The summed E-state index contributed by atoms with van der Waals surface area (Å²) in [5.41, 5.74) is 1.97. The molecule has 0 spiro atoms. The lowest BCUT2D eigenvalue weighted by Crippen LogP contribution is -2.27. The predicted molar refractivity (Wildman–Crippen MR) is 81.1 cm³/mol. The summed E-state index contributed by atoms with van der Waals surface area (Å²) in [4.78, 5) is 17.4. The molecule has 0 bridgehead atoms. The molecule has 0 amide bonds. The molecule has 2 aromatic rings. The van der Waals surface area contributed by atoms with Crippen LogP contribution in [0.4, 0.5) is 5.69 Å². The lowest BCUT2D eigenvalue weighted by molar-refractivity contribution is -0.136. The number of fused-ring (bicyclic) bond motifs is 1. The first kappa shape index (κ1) is 14.3. The number of rotatable bonds is 7. The fourth-order valence-electron chi connectivity index (χ4n) is 2.28. The molecular weight excluding hydrogens is 252 g/mol. The van der Waals surface area contributed by atoms with Crippen molar-refractivity contribution in [3.8, 4) is 0 Å². The summed E-state index contributed by atoms with van der Waals surface area (Å²) >= 11 is 0. The molecule has 0 aliphatic rings. The number of pyridine rings is 1. The molecule has 4 heteroatoms. The van der Waals surface area contributed by atoms with Gasteiger partial charge in [0.15, 0.2) is 0 Å². The van der Waals surface area contributed by atoms with Gasteiger partial charge >= 0.3 is 5.97 Å². The molecular formula is C16H20N2O2. The van der Waals surface area contributed by atoms with Gasteiger partial charge in [-0.3, -0.25) is 9.78 Å². The molecule has 106 valence electrons. The van der Waals surface area contributed by atoms with Gasteiger partial charge in [0.05, 0.1) is 17.6 Å². The highest BCUT2D eigenvalue weighted by Gasteiger charge is 2.12. The number of carboxylic acid groups (broad SMARTS) is 1. The third-order valence-corrected chi connectivity index (χ3v) is 3.33. The number of carbonyl (C=O) groups is 1. The van der Waals surface area contributed by atoms with Crippen molar-refractivity contribution >= 4 is 22.6 Å². The van der Waals surface area contributed by atoms with E-state index in [9.17, 15) is 4.79 Å². The van der Waals surface area contributed by atoms with Gasteiger partial charge in [0.25, 0.3) is 0 Å². The number of aliphatic carboxylic acids is 1. The highest BCUT2D eigenvalue weighted by molar-refractivity contribution is 5.90. The van der Waals surface area contributed by atoms with Crippen LogP contribution in [0.15, 0.2) is 36.5 Å². The average Bonchev–Trinajstić information content (AvgIpc) is 2.47. The number of carboxylic acids is 1. The Bertz CT molecular complexity index is 578. The van der Waals surface area contributed by atoms with E-state index in [0.717, 1.165) is 36.0 Å². The largest absolute Gasteiger partial charge is 0.481 e. The Morgan fingerprint density at radius 3 is 2.80 bits per heavy atom. The van der Waals surface area contributed by atoms with Gasteiger partial charge in [0, 0.05) is 24.7 Å². The molecule has 1 N–H and O–H groups in total. The molecule has 1 heterocycles. The molecule has 0 radical (unpaired) electrons. The van der Waals surface area contributed by atoms with Gasteiger partial charge in [-0.05, 0) is 18.6 Å². The summed E-state index contributed by atoms with van der Waals surface area (Å²) in [6, 6.07) is 9.99. The summed E-state index contributed by atoms with van der Waals surface area (Å²) in [5, 5.41) is 9.99. The van der Waals surface area contributed by atoms with Gasteiger partial charge in [-0.25, -0.2) is 0 Å². The van der Waals surface area contributed by atoms with Crippen molar-refractivity contribution in [1.29, 1.82) is 0 Å². The van der Waals surface area contributed by atoms with E-state index in [1.54, 1.807) is 6.20 Å². The van der Waals surface area contributed by atoms with Crippen LogP contribution in [-0.2, 0) is 4.79 Å². The molecule has 0 aliphatic heterocycles. The Balaban J connectivity index is 2.31. The van der Waals surface area contributed by atoms with Crippen LogP contribution in [0.25, 0.3) is 10.9 Å². The Kier molecular flexibility index (Phi) is 4.93. The minimum atomic E-state index is -0.764. The van der Waals surface area contributed by atoms with Crippen LogP contribution in [-0.4, -0.2) is 29.1 Å².